The van der Waals surface area contributed by atoms with E-state index in [0.29, 0.717) is 31.3 Å². The van der Waals surface area contributed by atoms with Gasteiger partial charge in [0.2, 0.25) is 5.91 Å². The monoisotopic (exact) mass is 311 g/mol. The lowest BCUT2D eigenvalue weighted by Crippen LogP contribution is -2.17. The number of nitrogens with one attached hydrogen (secondary N) is 1. The molecule has 1 amide bonds. The molecule has 2 aromatic carbocycles. The Morgan fingerprint density at radius 2 is 1.83 bits per heavy atom. The van der Waals surface area contributed by atoms with Crippen molar-refractivity contribution in [3.63, 3.8) is 0 Å². The Balaban J connectivity index is 1.70. The average Bonchev–Trinajstić information content (AvgIpc) is 2.55. The average molecular weight is 311 g/mol. The summed E-state index contributed by atoms with van der Waals surface area (Å²) in [6.45, 7) is 5.35. The van der Waals surface area contributed by atoms with Crippen molar-refractivity contribution in [1.29, 1.82) is 0 Å². The van der Waals surface area contributed by atoms with Gasteiger partial charge in [0, 0.05) is 5.69 Å². The second-order valence-electron chi connectivity index (χ2n) is 5.94. The van der Waals surface area contributed by atoms with Crippen LogP contribution in [0.15, 0.2) is 42.5 Å². The van der Waals surface area contributed by atoms with Crippen LogP contribution in [0.2, 0.25) is 0 Å². The molecule has 0 atom stereocenters. The highest BCUT2D eigenvalue weighted by Gasteiger charge is 2.14. The summed E-state index contributed by atoms with van der Waals surface area (Å²) in [6.07, 6.45) is 0.309. The van der Waals surface area contributed by atoms with Gasteiger partial charge in [-0.15, -0.1) is 0 Å². The Hall–Kier alpha value is -2.49. The normalized spacial score (nSPS) is 13.0. The fourth-order valence-corrected chi connectivity index (χ4v) is 2.69. The summed E-state index contributed by atoms with van der Waals surface area (Å²) in [6, 6.07) is 13.6. The van der Waals surface area contributed by atoms with E-state index in [1.165, 1.54) is 0 Å². The van der Waals surface area contributed by atoms with Crippen LogP contribution in [0.3, 0.4) is 0 Å². The first-order valence-corrected chi connectivity index (χ1v) is 7.91. The molecule has 1 heterocycles. The highest BCUT2D eigenvalue weighted by Crippen LogP contribution is 2.31. The minimum atomic E-state index is -0.0326. The molecule has 23 heavy (non-hydrogen) atoms. The number of carbonyl (C=O) groups is 1. The van der Waals surface area contributed by atoms with Gasteiger partial charge in [0.1, 0.15) is 13.2 Å². The zero-order valence-corrected chi connectivity index (χ0v) is 13.5. The van der Waals surface area contributed by atoms with E-state index in [-0.39, 0.29) is 5.91 Å². The van der Waals surface area contributed by atoms with E-state index in [1.807, 2.05) is 42.5 Å². The van der Waals surface area contributed by atoms with Gasteiger partial charge in [-0.1, -0.05) is 38.1 Å². The quantitative estimate of drug-likeness (QED) is 0.935. The van der Waals surface area contributed by atoms with Crippen molar-refractivity contribution in [2.75, 3.05) is 18.5 Å². The number of carbonyl (C=O) groups excluding carboxylic acids is 1. The second kappa shape index (κ2) is 6.73. The molecular formula is C19H21NO3. The first kappa shape index (κ1) is 15.4. The summed E-state index contributed by atoms with van der Waals surface area (Å²) in [5.74, 6) is 1.78. The lowest BCUT2D eigenvalue weighted by molar-refractivity contribution is -0.115. The van der Waals surface area contributed by atoms with E-state index < -0.39 is 0 Å². The molecule has 1 aliphatic rings. The van der Waals surface area contributed by atoms with Crippen LogP contribution in [-0.2, 0) is 11.2 Å². The Bertz CT molecular complexity index is 710. The van der Waals surface area contributed by atoms with Crippen molar-refractivity contribution >= 4 is 11.6 Å². The van der Waals surface area contributed by atoms with Crippen LogP contribution in [-0.4, -0.2) is 19.1 Å². The first-order valence-electron chi connectivity index (χ1n) is 7.91. The van der Waals surface area contributed by atoms with E-state index in [1.54, 1.807) is 0 Å². The Labute approximate surface area is 136 Å². The number of rotatable bonds is 4. The van der Waals surface area contributed by atoms with Crippen LogP contribution in [0.5, 0.6) is 11.5 Å². The lowest BCUT2D eigenvalue weighted by atomic mass is 10.0. The van der Waals surface area contributed by atoms with E-state index in [9.17, 15) is 4.79 Å². The van der Waals surface area contributed by atoms with Gasteiger partial charge in [0.15, 0.2) is 11.5 Å². The molecule has 4 heteroatoms. The molecule has 0 radical (unpaired) electrons. The minimum absolute atomic E-state index is 0.0326. The summed E-state index contributed by atoms with van der Waals surface area (Å²) in [7, 11) is 0. The zero-order valence-electron chi connectivity index (χ0n) is 13.5. The molecule has 0 saturated heterocycles. The first-order chi connectivity index (χ1) is 11.1. The smallest absolute Gasteiger partial charge is 0.228 e. The molecule has 0 unspecified atom stereocenters. The van der Waals surface area contributed by atoms with Crippen LogP contribution >= 0.6 is 0 Å². The van der Waals surface area contributed by atoms with Crippen LogP contribution in [0, 0.1) is 0 Å². The number of fused-ring (bicyclic) bond motifs is 1. The van der Waals surface area contributed by atoms with Gasteiger partial charge in [-0.25, -0.2) is 0 Å². The van der Waals surface area contributed by atoms with Gasteiger partial charge >= 0.3 is 0 Å². The summed E-state index contributed by atoms with van der Waals surface area (Å²) in [5, 5.41) is 3.01. The van der Waals surface area contributed by atoms with E-state index in [2.05, 4.69) is 19.2 Å². The van der Waals surface area contributed by atoms with Crippen molar-refractivity contribution in [3.8, 4) is 11.5 Å². The number of amides is 1. The van der Waals surface area contributed by atoms with E-state index in [4.69, 9.17) is 9.47 Å². The van der Waals surface area contributed by atoms with Crippen LogP contribution < -0.4 is 14.8 Å². The fraction of sp³-hybridized carbons (Fsp3) is 0.316. The van der Waals surface area contributed by atoms with Crippen molar-refractivity contribution in [1.82, 2.24) is 0 Å². The predicted molar refractivity (Wildman–Crippen MR) is 90.3 cm³/mol. The van der Waals surface area contributed by atoms with Gasteiger partial charge in [-0.05, 0) is 35.2 Å². The highest BCUT2D eigenvalue weighted by molar-refractivity contribution is 5.93. The zero-order chi connectivity index (χ0) is 16.2. The molecular weight excluding hydrogens is 290 g/mol. The Kier molecular flexibility index (Phi) is 4.51. The summed E-state index contributed by atoms with van der Waals surface area (Å²) in [4.78, 5) is 12.3. The molecule has 0 bridgehead atoms. The largest absolute Gasteiger partial charge is 0.486 e. The standard InChI is InChI=1S/C19H21NO3/c1-13(2)15-5-3-4-6-16(15)20-19(21)12-14-7-8-17-18(11-14)23-10-9-22-17/h3-8,11,13H,9-10,12H2,1-2H3,(H,20,21). The molecule has 0 spiro atoms. The predicted octanol–water partition coefficient (Wildman–Crippen LogP) is 3.76. The van der Waals surface area contributed by atoms with Gasteiger partial charge in [0.05, 0.1) is 6.42 Å². The lowest BCUT2D eigenvalue weighted by Gasteiger charge is -2.19. The van der Waals surface area contributed by atoms with Crippen LogP contribution in [0.1, 0.15) is 30.9 Å². The number of ether oxygens (including phenoxy) is 2. The van der Waals surface area contributed by atoms with Gasteiger partial charge in [0.25, 0.3) is 0 Å². The number of hydrogen-bond donors (Lipinski definition) is 1. The maximum atomic E-state index is 12.3. The molecule has 1 aliphatic heterocycles. The number of benzene rings is 2. The van der Waals surface area contributed by atoms with Gasteiger partial charge in [-0.3, -0.25) is 4.79 Å². The van der Waals surface area contributed by atoms with Crippen LogP contribution in [0.4, 0.5) is 5.69 Å². The minimum Gasteiger partial charge on any atom is -0.486 e. The molecule has 0 aromatic heterocycles. The second-order valence-corrected chi connectivity index (χ2v) is 5.94. The van der Waals surface area contributed by atoms with E-state index in [0.717, 1.165) is 22.6 Å². The molecule has 2 aromatic rings. The third-order valence-electron chi connectivity index (χ3n) is 3.83. The summed E-state index contributed by atoms with van der Waals surface area (Å²) < 4.78 is 11.1. The Morgan fingerprint density at radius 3 is 2.61 bits per heavy atom. The van der Waals surface area contributed by atoms with Crippen molar-refractivity contribution in [2.45, 2.75) is 26.2 Å². The number of para-hydroxylation sites is 1. The molecule has 3 rings (SSSR count). The van der Waals surface area contributed by atoms with Crippen LogP contribution in [0.25, 0.3) is 0 Å². The van der Waals surface area contributed by atoms with Crippen molar-refractivity contribution in [3.05, 3.63) is 53.6 Å². The molecule has 0 aliphatic carbocycles. The molecule has 120 valence electrons. The SMILES string of the molecule is CC(C)c1ccccc1NC(=O)Cc1ccc2c(c1)OCCO2. The molecule has 0 saturated carbocycles. The Morgan fingerprint density at radius 1 is 1.09 bits per heavy atom. The molecule has 1 N–H and O–H groups in total. The summed E-state index contributed by atoms with van der Waals surface area (Å²) >= 11 is 0. The molecule has 4 nitrogen and oxygen atoms in total. The van der Waals surface area contributed by atoms with Gasteiger partial charge in [-0.2, -0.15) is 0 Å². The topological polar surface area (TPSA) is 47.6 Å². The third kappa shape index (κ3) is 3.65. The maximum Gasteiger partial charge on any atom is 0.228 e. The highest BCUT2D eigenvalue weighted by atomic mass is 16.6. The third-order valence-corrected chi connectivity index (χ3v) is 3.83. The fourth-order valence-electron chi connectivity index (χ4n) is 2.69. The van der Waals surface area contributed by atoms with Crippen molar-refractivity contribution in [2.24, 2.45) is 0 Å². The number of hydrogen-bond acceptors (Lipinski definition) is 3. The maximum absolute atomic E-state index is 12.3. The van der Waals surface area contributed by atoms with Gasteiger partial charge < -0.3 is 14.8 Å². The number of anilines is 1. The van der Waals surface area contributed by atoms with Crippen molar-refractivity contribution < 1.29 is 14.3 Å². The summed E-state index contributed by atoms with van der Waals surface area (Å²) in [5.41, 5.74) is 2.93. The van der Waals surface area contributed by atoms with E-state index >= 15 is 0 Å². The molecule has 0 fully saturated rings.